The van der Waals surface area contributed by atoms with E-state index >= 15 is 0 Å². The number of fused-ring (bicyclic) bond motifs is 3. The predicted molar refractivity (Wildman–Crippen MR) is 119 cm³/mol. The molecule has 3 aromatic rings. The number of nitrogens with zero attached hydrogens (tertiary/aromatic N) is 2. The third-order valence-electron chi connectivity index (χ3n) is 5.56. The minimum absolute atomic E-state index is 0.0707. The Kier molecular flexibility index (Phi) is 5.35. The van der Waals surface area contributed by atoms with Crippen molar-refractivity contribution >= 4 is 17.6 Å². The molecule has 1 unspecified atom stereocenters. The van der Waals surface area contributed by atoms with Crippen molar-refractivity contribution in [2.24, 2.45) is 5.41 Å². The van der Waals surface area contributed by atoms with Crippen LogP contribution in [0.15, 0.2) is 53.5 Å². The van der Waals surface area contributed by atoms with E-state index in [-0.39, 0.29) is 22.2 Å². The molecule has 4 rings (SSSR count). The molecule has 7 heteroatoms. The maximum atomic E-state index is 12.4. The van der Waals surface area contributed by atoms with Gasteiger partial charge in [-0.15, -0.1) is 0 Å². The summed E-state index contributed by atoms with van der Waals surface area (Å²) in [5.41, 5.74) is 2.06. The Labute approximate surface area is 185 Å². The van der Waals surface area contributed by atoms with Gasteiger partial charge >= 0.3 is 5.97 Å². The lowest BCUT2D eigenvalue weighted by molar-refractivity contribution is 0.0693. The topological polar surface area (TPSA) is 81.4 Å². The van der Waals surface area contributed by atoms with E-state index in [0.717, 1.165) is 11.1 Å². The van der Waals surface area contributed by atoms with Crippen LogP contribution in [0.5, 0.6) is 5.75 Å². The lowest BCUT2D eigenvalue weighted by Crippen LogP contribution is -2.33. The molecule has 0 spiro atoms. The van der Waals surface area contributed by atoms with Crippen molar-refractivity contribution in [1.82, 2.24) is 9.55 Å². The number of ether oxygens (including phenoxy) is 1. The van der Waals surface area contributed by atoms with Crippen LogP contribution in [-0.4, -0.2) is 20.6 Å². The van der Waals surface area contributed by atoms with Gasteiger partial charge in [0, 0.05) is 18.3 Å². The Balaban J connectivity index is 1.80. The zero-order chi connectivity index (χ0) is 22.3. The second-order valence-electron chi connectivity index (χ2n) is 8.79. The molecule has 1 N–H and O–H groups in total. The predicted octanol–water partition coefficient (Wildman–Crippen LogP) is 4.98. The standard InChI is InChI=1S/C24H23ClN2O4/c1-24(2,3)20-10-15-9-19(31-13-14-7-5-4-6-8-14)22(25)26-21(15)17-11-18(28)16(23(29)30)12-27(17)20/h4-9,11-12,20H,10,13H2,1-3H3,(H,29,30). The molecule has 1 atom stereocenters. The lowest BCUT2D eigenvalue weighted by atomic mass is 9.80. The number of carboxylic acid groups (broad SMARTS) is 1. The van der Waals surface area contributed by atoms with Gasteiger partial charge in [0.25, 0.3) is 0 Å². The van der Waals surface area contributed by atoms with Crippen LogP contribution in [0, 0.1) is 5.41 Å². The van der Waals surface area contributed by atoms with E-state index in [4.69, 9.17) is 16.3 Å². The fraction of sp³-hybridized carbons (Fsp3) is 0.292. The van der Waals surface area contributed by atoms with Crippen molar-refractivity contribution in [3.63, 3.8) is 0 Å². The van der Waals surface area contributed by atoms with Crippen molar-refractivity contribution in [1.29, 1.82) is 0 Å². The van der Waals surface area contributed by atoms with Gasteiger partial charge in [0.15, 0.2) is 16.3 Å². The van der Waals surface area contributed by atoms with Gasteiger partial charge < -0.3 is 14.4 Å². The molecule has 0 saturated carbocycles. The Morgan fingerprint density at radius 1 is 1.26 bits per heavy atom. The zero-order valence-corrected chi connectivity index (χ0v) is 18.3. The van der Waals surface area contributed by atoms with Crippen LogP contribution in [0.4, 0.5) is 0 Å². The molecular formula is C24H23ClN2O4. The molecule has 0 bridgehead atoms. The van der Waals surface area contributed by atoms with E-state index in [2.05, 4.69) is 25.8 Å². The molecule has 0 radical (unpaired) electrons. The number of halogens is 1. The van der Waals surface area contributed by atoms with E-state index in [1.165, 1.54) is 12.3 Å². The van der Waals surface area contributed by atoms with E-state index in [9.17, 15) is 14.7 Å². The number of hydrogen-bond acceptors (Lipinski definition) is 4. The maximum absolute atomic E-state index is 12.4. The third-order valence-corrected chi connectivity index (χ3v) is 5.83. The highest BCUT2D eigenvalue weighted by atomic mass is 35.5. The summed E-state index contributed by atoms with van der Waals surface area (Å²) in [4.78, 5) is 28.5. The average molecular weight is 439 g/mol. The molecule has 0 amide bonds. The molecular weight excluding hydrogens is 416 g/mol. The molecule has 1 aliphatic heterocycles. The molecule has 160 valence electrons. The molecule has 6 nitrogen and oxygen atoms in total. The van der Waals surface area contributed by atoms with Gasteiger partial charge in [-0.05, 0) is 29.0 Å². The summed E-state index contributed by atoms with van der Waals surface area (Å²) in [6, 6.07) is 12.9. The molecule has 0 fully saturated rings. The highest BCUT2D eigenvalue weighted by Crippen LogP contribution is 2.43. The summed E-state index contributed by atoms with van der Waals surface area (Å²) in [5, 5.41) is 9.62. The van der Waals surface area contributed by atoms with E-state index in [1.54, 1.807) is 0 Å². The normalized spacial score (nSPS) is 15.2. The van der Waals surface area contributed by atoms with Crippen LogP contribution in [0.2, 0.25) is 5.15 Å². The Hall–Kier alpha value is -3.12. The summed E-state index contributed by atoms with van der Waals surface area (Å²) in [6.45, 7) is 6.62. The van der Waals surface area contributed by atoms with Gasteiger partial charge in [0.2, 0.25) is 0 Å². The van der Waals surface area contributed by atoms with Crippen molar-refractivity contribution in [2.75, 3.05) is 0 Å². The number of carbonyl (C=O) groups is 1. The Morgan fingerprint density at radius 3 is 2.61 bits per heavy atom. The molecule has 3 heterocycles. The first-order valence-corrected chi connectivity index (χ1v) is 10.4. The number of hydrogen-bond donors (Lipinski definition) is 1. The molecule has 31 heavy (non-hydrogen) atoms. The second-order valence-corrected chi connectivity index (χ2v) is 9.15. The summed E-state index contributed by atoms with van der Waals surface area (Å²) in [7, 11) is 0. The van der Waals surface area contributed by atoms with Crippen LogP contribution >= 0.6 is 11.6 Å². The summed E-state index contributed by atoms with van der Waals surface area (Å²) in [6.07, 6.45) is 2.04. The van der Waals surface area contributed by atoms with Gasteiger partial charge in [-0.1, -0.05) is 62.7 Å². The monoisotopic (exact) mass is 438 g/mol. The van der Waals surface area contributed by atoms with Gasteiger partial charge in [-0.25, -0.2) is 9.78 Å². The highest BCUT2D eigenvalue weighted by Gasteiger charge is 2.34. The Bertz CT molecular complexity index is 1210. The molecule has 2 aromatic heterocycles. The summed E-state index contributed by atoms with van der Waals surface area (Å²) in [5.74, 6) is -0.760. The van der Waals surface area contributed by atoms with Crippen molar-refractivity contribution in [3.8, 4) is 17.1 Å². The third kappa shape index (κ3) is 4.08. The first-order chi connectivity index (χ1) is 14.6. The Morgan fingerprint density at radius 2 is 1.97 bits per heavy atom. The first-order valence-electron chi connectivity index (χ1n) is 10.0. The van der Waals surface area contributed by atoms with Gasteiger partial charge in [-0.3, -0.25) is 4.79 Å². The molecule has 0 aliphatic carbocycles. The molecule has 1 aliphatic rings. The fourth-order valence-corrected chi connectivity index (χ4v) is 4.11. The number of carboxylic acids is 1. The van der Waals surface area contributed by atoms with Gasteiger partial charge in [0.1, 0.15) is 12.2 Å². The SMILES string of the molecule is CC(C)(C)C1Cc2cc(OCc3ccccc3)c(Cl)nc2-c2cc(=O)c(C(=O)O)cn21. The minimum atomic E-state index is -1.24. The quantitative estimate of drug-likeness (QED) is 0.580. The maximum Gasteiger partial charge on any atom is 0.341 e. The van der Waals surface area contributed by atoms with Crippen molar-refractivity contribution < 1.29 is 14.6 Å². The first kappa shape index (κ1) is 21.1. The number of benzene rings is 1. The average Bonchev–Trinajstić information content (AvgIpc) is 2.71. The number of aromatic carboxylic acids is 1. The van der Waals surface area contributed by atoms with E-state index in [1.807, 2.05) is 41.0 Å². The van der Waals surface area contributed by atoms with Crippen LogP contribution < -0.4 is 10.2 Å². The van der Waals surface area contributed by atoms with Crippen LogP contribution in [0.1, 0.15) is 48.3 Å². The smallest absolute Gasteiger partial charge is 0.341 e. The van der Waals surface area contributed by atoms with Crippen LogP contribution in [-0.2, 0) is 13.0 Å². The number of aromatic nitrogens is 2. The van der Waals surface area contributed by atoms with Gasteiger partial charge in [0.05, 0.1) is 11.4 Å². The number of rotatable bonds is 4. The summed E-state index contributed by atoms with van der Waals surface area (Å²) >= 11 is 6.42. The zero-order valence-electron chi connectivity index (χ0n) is 17.6. The fourth-order valence-electron chi connectivity index (χ4n) is 3.91. The second kappa shape index (κ2) is 7.85. The van der Waals surface area contributed by atoms with Crippen molar-refractivity contribution in [3.05, 3.63) is 80.7 Å². The minimum Gasteiger partial charge on any atom is -0.486 e. The number of pyridine rings is 2. The largest absolute Gasteiger partial charge is 0.486 e. The van der Waals surface area contributed by atoms with E-state index in [0.29, 0.717) is 30.2 Å². The lowest BCUT2D eigenvalue weighted by Gasteiger charge is -2.38. The van der Waals surface area contributed by atoms with Crippen LogP contribution in [0.25, 0.3) is 11.4 Å². The van der Waals surface area contributed by atoms with E-state index < -0.39 is 11.4 Å². The molecule has 1 aromatic carbocycles. The van der Waals surface area contributed by atoms with Crippen molar-refractivity contribution in [2.45, 2.75) is 39.8 Å². The van der Waals surface area contributed by atoms with Crippen LogP contribution in [0.3, 0.4) is 0 Å². The summed E-state index contributed by atoms with van der Waals surface area (Å²) < 4.78 is 7.78. The molecule has 0 saturated heterocycles. The van der Waals surface area contributed by atoms with Gasteiger partial charge in [-0.2, -0.15) is 0 Å². The highest BCUT2D eigenvalue weighted by molar-refractivity contribution is 6.31.